The van der Waals surface area contributed by atoms with E-state index < -0.39 is 23.2 Å². The lowest BCUT2D eigenvalue weighted by atomic mass is 10.1. The Bertz CT molecular complexity index is 686. The number of alkyl halides is 3. The van der Waals surface area contributed by atoms with Crippen LogP contribution in [0.4, 0.5) is 18.9 Å². The molecule has 2 nitrogen and oxygen atoms in total. The van der Waals surface area contributed by atoms with Gasteiger partial charge in [0.15, 0.2) is 0 Å². The third kappa shape index (κ3) is 4.07. The van der Waals surface area contributed by atoms with Crippen LogP contribution >= 0.6 is 31.9 Å². The summed E-state index contributed by atoms with van der Waals surface area (Å²) in [6, 6.07) is 10.0. The van der Waals surface area contributed by atoms with Gasteiger partial charge < -0.3 is 5.32 Å². The second kappa shape index (κ2) is 6.19. The molecular formula is C14H8Br2F3NO. The quantitative estimate of drug-likeness (QED) is 0.681. The normalized spacial score (nSPS) is 11.3. The molecule has 0 saturated heterocycles. The Kier molecular flexibility index (Phi) is 4.73. The summed E-state index contributed by atoms with van der Waals surface area (Å²) in [7, 11) is 0. The predicted octanol–water partition coefficient (Wildman–Crippen LogP) is 5.48. The van der Waals surface area contributed by atoms with E-state index in [4.69, 9.17) is 0 Å². The van der Waals surface area contributed by atoms with E-state index in [2.05, 4.69) is 37.2 Å². The number of amides is 1. The monoisotopic (exact) mass is 421 g/mol. The van der Waals surface area contributed by atoms with E-state index in [1.165, 1.54) is 6.07 Å². The van der Waals surface area contributed by atoms with Gasteiger partial charge in [-0.3, -0.25) is 4.79 Å². The maximum Gasteiger partial charge on any atom is 0.417 e. The van der Waals surface area contributed by atoms with Crippen LogP contribution in [0.2, 0.25) is 0 Å². The van der Waals surface area contributed by atoms with E-state index >= 15 is 0 Å². The van der Waals surface area contributed by atoms with Gasteiger partial charge in [0, 0.05) is 14.6 Å². The average molecular weight is 423 g/mol. The molecule has 0 saturated carbocycles. The van der Waals surface area contributed by atoms with Crippen molar-refractivity contribution in [2.75, 3.05) is 5.32 Å². The van der Waals surface area contributed by atoms with Crippen LogP contribution < -0.4 is 5.32 Å². The fraction of sp³-hybridized carbons (Fsp3) is 0.0714. The number of benzene rings is 2. The third-order valence-electron chi connectivity index (χ3n) is 2.61. The molecule has 21 heavy (non-hydrogen) atoms. The van der Waals surface area contributed by atoms with Crippen molar-refractivity contribution in [3.63, 3.8) is 0 Å². The van der Waals surface area contributed by atoms with Gasteiger partial charge in [-0.15, -0.1) is 0 Å². The van der Waals surface area contributed by atoms with Crippen molar-refractivity contribution in [3.8, 4) is 0 Å². The zero-order chi connectivity index (χ0) is 15.6. The highest BCUT2D eigenvalue weighted by atomic mass is 79.9. The van der Waals surface area contributed by atoms with Gasteiger partial charge in [0.05, 0.1) is 11.1 Å². The van der Waals surface area contributed by atoms with Crippen LogP contribution in [0.15, 0.2) is 51.4 Å². The first-order valence-electron chi connectivity index (χ1n) is 5.71. The van der Waals surface area contributed by atoms with E-state index in [-0.39, 0.29) is 4.47 Å². The molecule has 2 rings (SSSR count). The lowest BCUT2D eigenvalue weighted by molar-refractivity contribution is -0.137. The van der Waals surface area contributed by atoms with E-state index in [0.717, 1.165) is 12.1 Å². The van der Waals surface area contributed by atoms with E-state index in [1.807, 2.05) is 0 Å². The molecule has 0 aliphatic heterocycles. The molecule has 110 valence electrons. The Balaban J connectivity index is 2.35. The fourth-order valence-corrected chi connectivity index (χ4v) is 2.47. The molecule has 0 heterocycles. The van der Waals surface area contributed by atoms with Crippen molar-refractivity contribution in [1.82, 2.24) is 0 Å². The largest absolute Gasteiger partial charge is 0.417 e. The molecule has 0 aromatic heterocycles. The van der Waals surface area contributed by atoms with Crippen molar-refractivity contribution in [1.29, 1.82) is 0 Å². The minimum Gasteiger partial charge on any atom is -0.322 e. The van der Waals surface area contributed by atoms with Crippen molar-refractivity contribution in [2.24, 2.45) is 0 Å². The Morgan fingerprint density at radius 2 is 1.67 bits per heavy atom. The van der Waals surface area contributed by atoms with Gasteiger partial charge in [0.25, 0.3) is 5.91 Å². The molecule has 0 fully saturated rings. The highest BCUT2D eigenvalue weighted by Crippen LogP contribution is 2.34. The number of hydrogen-bond acceptors (Lipinski definition) is 1. The summed E-state index contributed by atoms with van der Waals surface area (Å²) < 4.78 is 39.9. The number of anilines is 1. The lowest BCUT2D eigenvalue weighted by Crippen LogP contribution is -2.18. The SMILES string of the molecule is O=C(Nc1cccc(Br)c1)c1ccc(Br)cc1C(F)(F)F. The van der Waals surface area contributed by atoms with Crippen LogP contribution in [0.25, 0.3) is 0 Å². The van der Waals surface area contributed by atoms with Crippen molar-refractivity contribution in [3.05, 3.63) is 62.5 Å². The predicted molar refractivity (Wildman–Crippen MR) is 81.2 cm³/mol. The van der Waals surface area contributed by atoms with E-state index in [0.29, 0.717) is 10.2 Å². The van der Waals surface area contributed by atoms with Crippen molar-refractivity contribution >= 4 is 43.5 Å². The molecular weight excluding hydrogens is 415 g/mol. The van der Waals surface area contributed by atoms with Crippen LogP contribution in [-0.4, -0.2) is 5.91 Å². The molecule has 0 unspecified atom stereocenters. The first kappa shape index (κ1) is 16.0. The Morgan fingerprint density at radius 1 is 1.00 bits per heavy atom. The Morgan fingerprint density at radius 3 is 2.29 bits per heavy atom. The summed E-state index contributed by atoms with van der Waals surface area (Å²) in [4.78, 5) is 12.1. The second-order valence-corrected chi connectivity index (χ2v) is 5.98. The minimum atomic E-state index is -4.60. The maximum absolute atomic E-state index is 13.0. The fourth-order valence-electron chi connectivity index (χ4n) is 1.71. The number of hydrogen-bond donors (Lipinski definition) is 1. The van der Waals surface area contributed by atoms with Gasteiger partial charge in [-0.2, -0.15) is 13.2 Å². The van der Waals surface area contributed by atoms with Gasteiger partial charge in [-0.1, -0.05) is 37.9 Å². The molecule has 0 bridgehead atoms. The zero-order valence-corrected chi connectivity index (χ0v) is 13.5. The Hall–Kier alpha value is -1.34. The first-order chi connectivity index (χ1) is 9.77. The van der Waals surface area contributed by atoms with Crippen LogP contribution in [0.3, 0.4) is 0 Å². The number of carbonyl (C=O) groups is 1. The highest BCUT2D eigenvalue weighted by molar-refractivity contribution is 9.10. The van der Waals surface area contributed by atoms with Crippen molar-refractivity contribution in [2.45, 2.75) is 6.18 Å². The summed E-state index contributed by atoms with van der Waals surface area (Å²) in [6.07, 6.45) is -4.60. The third-order valence-corrected chi connectivity index (χ3v) is 3.60. The van der Waals surface area contributed by atoms with Crippen LogP contribution in [0.5, 0.6) is 0 Å². The van der Waals surface area contributed by atoms with Gasteiger partial charge in [0.2, 0.25) is 0 Å². The average Bonchev–Trinajstić information content (AvgIpc) is 2.37. The molecule has 7 heteroatoms. The molecule has 2 aromatic carbocycles. The summed E-state index contributed by atoms with van der Waals surface area (Å²) in [5.74, 6) is -0.812. The number of carbonyl (C=O) groups excluding carboxylic acids is 1. The molecule has 0 aliphatic carbocycles. The molecule has 1 amide bonds. The van der Waals surface area contributed by atoms with Gasteiger partial charge in [0.1, 0.15) is 0 Å². The van der Waals surface area contributed by atoms with Crippen LogP contribution in [0, 0.1) is 0 Å². The summed E-state index contributed by atoms with van der Waals surface area (Å²) >= 11 is 6.20. The number of halogens is 5. The molecule has 2 aromatic rings. The lowest BCUT2D eigenvalue weighted by Gasteiger charge is -2.13. The smallest absolute Gasteiger partial charge is 0.322 e. The van der Waals surface area contributed by atoms with Gasteiger partial charge in [-0.05, 0) is 36.4 Å². The highest BCUT2D eigenvalue weighted by Gasteiger charge is 2.35. The molecule has 0 radical (unpaired) electrons. The first-order valence-corrected chi connectivity index (χ1v) is 7.29. The minimum absolute atomic E-state index is 0.258. The molecule has 0 spiro atoms. The number of rotatable bonds is 2. The summed E-state index contributed by atoms with van der Waals surface area (Å²) in [6.45, 7) is 0. The molecule has 0 atom stereocenters. The van der Waals surface area contributed by atoms with Gasteiger partial charge >= 0.3 is 6.18 Å². The van der Waals surface area contributed by atoms with E-state index in [9.17, 15) is 18.0 Å². The standard InChI is InChI=1S/C14H8Br2F3NO/c15-8-2-1-3-10(6-8)20-13(21)11-5-4-9(16)7-12(11)14(17,18)19/h1-7H,(H,20,21). The van der Waals surface area contributed by atoms with E-state index in [1.54, 1.807) is 24.3 Å². The maximum atomic E-state index is 13.0. The zero-order valence-electron chi connectivity index (χ0n) is 10.3. The van der Waals surface area contributed by atoms with Crippen molar-refractivity contribution < 1.29 is 18.0 Å². The summed E-state index contributed by atoms with van der Waals surface area (Å²) in [5, 5.41) is 2.45. The topological polar surface area (TPSA) is 29.1 Å². The molecule has 0 aliphatic rings. The van der Waals surface area contributed by atoms with Crippen LogP contribution in [-0.2, 0) is 6.18 Å². The molecule has 1 N–H and O–H groups in total. The van der Waals surface area contributed by atoms with Crippen LogP contribution in [0.1, 0.15) is 15.9 Å². The summed E-state index contributed by atoms with van der Waals surface area (Å²) in [5.41, 5.74) is -1.000. The van der Waals surface area contributed by atoms with Gasteiger partial charge in [-0.25, -0.2) is 0 Å². The number of nitrogens with one attached hydrogen (secondary N) is 1. The second-order valence-electron chi connectivity index (χ2n) is 4.15. The Labute approximate surface area is 135 Å².